The van der Waals surface area contributed by atoms with Gasteiger partial charge in [0.2, 0.25) is 0 Å². The lowest BCUT2D eigenvalue weighted by Gasteiger charge is -2.14. The molecular formula is C13H18BrN3O. The number of nitrogens with one attached hydrogen (secondary N) is 1. The van der Waals surface area contributed by atoms with Crippen LogP contribution in [0.2, 0.25) is 0 Å². The van der Waals surface area contributed by atoms with Crippen LogP contribution in [-0.2, 0) is 6.54 Å². The zero-order valence-corrected chi connectivity index (χ0v) is 12.5. The highest BCUT2D eigenvalue weighted by atomic mass is 79.9. The van der Waals surface area contributed by atoms with Crippen molar-refractivity contribution in [3.8, 4) is 12.3 Å². The van der Waals surface area contributed by atoms with E-state index < -0.39 is 0 Å². The highest BCUT2D eigenvalue weighted by Gasteiger charge is 2.11. The van der Waals surface area contributed by atoms with Crippen LogP contribution in [0.1, 0.15) is 27.2 Å². The van der Waals surface area contributed by atoms with Gasteiger partial charge in [0.05, 0.1) is 17.9 Å². The lowest BCUT2D eigenvalue weighted by atomic mass is 10.2. The molecule has 5 heteroatoms. The predicted molar refractivity (Wildman–Crippen MR) is 77.6 cm³/mol. The Morgan fingerprint density at radius 1 is 1.61 bits per heavy atom. The number of aromatic nitrogens is 2. The average Bonchev–Trinajstić information content (AvgIpc) is 2.34. The van der Waals surface area contributed by atoms with Crippen molar-refractivity contribution in [2.24, 2.45) is 5.92 Å². The van der Waals surface area contributed by atoms with Crippen LogP contribution in [0.25, 0.3) is 0 Å². The van der Waals surface area contributed by atoms with Gasteiger partial charge in [0.1, 0.15) is 4.47 Å². The largest absolute Gasteiger partial charge is 0.369 e. The molecule has 0 fully saturated rings. The van der Waals surface area contributed by atoms with Gasteiger partial charge in [-0.1, -0.05) is 26.7 Å². The number of hydrogen-bond acceptors (Lipinski definition) is 3. The molecule has 4 nitrogen and oxygen atoms in total. The average molecular weight is 312 g/mol. The van der Waals surface area contributed by atoms with Gasteiger partial charge in [0, 0.05) is 6.54 Å². The highest BCUT2D eigenvalue weighted by molar-refractivity contribution is 9.10. The SMILES string of the molecule is C#CC(CC)Nc1cnn(CC(C)C)c(=O)c1Br. The monoisotopic (exact) mass is 311 g/mol. The van der Waals surface area contributed by atoms with Crippen LogP contribution in [0.3, 0.4) is 0 Å². The molecule has 0 saturated heterocycles. The predicted octanol–water partition coefficient (Wildman–Crippen LogP) is 2.49. The molecule has 1 unspecified atom stereocenters. The summed E-state index contributed by atoms with van der Waals surface area (Å²) < 4.78 is 1.93. The van der Waals surface area contributed by atoms with Crippen molar-refractivity contribution in [1.82, 2.24) is 9.78 Å². The van der Waals surface area contributed by atoms with Crippen molar-refractivity contribution >= 4 is 21.6 Å². The molecule has 0 aliphatic carbocycles. The quantitative estimate of drug-likeness (QED) is 0.850. The van der Waals surface area contributed by atoms with E-state index in [1.807, 2.05) is 20.8 Å². The second-order valence-corrected chi connectivity index (χ2v) is 5.32. The number of nitrogens with zero attached hydrogens (tertiary/aromatic N) is 2. The molecule has 0 saturated carbocycles. The van der Waals surface area contributed by atoms with E-state index in [9.17, 15) is 4.79 Å². The molecule has 0 radical (unpaired) electrons. The standard InChI is InChI=1S/C13H18BrN3O/c1-5-10(6-2)16-11-7-15-17(8-9(3)4)13(18)12(11)14/h1,7,9-10,16H,6,8H2,2-4H3. The summed E-state index contributed by atoms with van der Waals surface area (Å²) in [6.45, 7) is 6.67. The van der Waals surface area contributed by atoms with Gasteiger partial charge in [0.15, 0.2) is 0 Å². The molecule has 18 heavy (non-hydrogen) atoms. The van der Waals surface area contributed by atoms with E-state index in [0.29, 0.717) is 22.6 Å². The fourth-order valence-corrected chi connectivity index (χ4v) is 1.91. The van der Waals surface area contributed by atoms with E-state index in [1.165, 1.54) is 4.68 Å². The minimum Gasteiger partial charge on any atom is -0.369 e. The molecule has 98 valence electrons. The van der Waals surface area contributed by atoms with Crippen molar-refractivity contribution in [3.63, 3.8) is 0 Å². The number of anilines is 1. The second kappa shape index (κ2) is 6.60. The van der Waals surface area contributed by atoms with Crippen molar-refractivity contribution < 1.29 is 0 Å². The van der Waals surface area contributed by atoms with Gasteiger partial charge in [-0.2, -0.15) is 5.10 Å². The van der Waals surface area contributed by atoms with Crippen LogP contribution in [0.4, 0.5) is 5.69 Å². The normalized spacial score (nSPS) is 12.2. The smallest absolute Gasteiger partial charge is 0.283 e. The summed E-state index contributed by atoms with van der Waals surface area (Å²) in [5.41, 5.74) is 0.505. The van der Waals surface area contributed by atoms with E-state index in [-0.39, 0.29) is 11.6 Å². The number of rotatable bonds is 5. The lowest BCUT2D eigenvalue weighted by molar-refractivity contribution is 0.462. The van der Waals surface area contributed by atoms with Gasteiger partial charge in [-0.05, 0) is 28.3 Å². The van der Waals surface area contributed by atoms with Crippen LogP contribution in [0, 0.1) is 18.3 Å². The lowest BCUT2D eigenvalue weighted by Crippen LogP contribution is -2.27. The van der Waals surface area contributed by atoms with E-state index in [2.05, 4.69) is 32.3 Å². The number of hydrogen-bond donors (Lipinski definition) is 1. The third-order valence-corrected chi connectivity index (χ3v) is 3.23. The molecule has 1 heterocycles. The molecule has 0 aliphatic heterocycles. The van der Waals surface area contributed by atoms with E-state index in [4.69, 9.17) is 6.42 Å². The summed E-state index contributed by atoms with van der Waals surface area (Å²) in [5.74, 6) is 3.00. The minimum absolute atomic E-state index is 0.0940. The maximum absolute atomic E-state index is 12.0. The van der Waals surface area contributed by atoms with Crippen molar-refractivity contribution in [2.75, 3.05) is 5.32 Å². The molecule has 1 atom stereocenters. The Kier molecular flexibility index (Phi) is 5.42. The van der Waals surface area contributed by atoms with Gasteiger partial charge >= 0.3 is 0 Å². The molecular weight excluding hydrogens is 294 g/mol. The zero-order chi connectivity index (χ0) is 13.7. The molecule has 1 N–H and O–H groups in total. The Hall–Kier alpha value is -1.28. The Morgan fingerprint density at radius 2 is 2.28 bits per heavy atom. The third-order valence-electron chi connectivity index (χ3n) is 2.46. The molecule has 0 amide bonds. The fraction of sp³-hybridized carbons (Fsp3) is 0.538. The molecule has 0 bridgehead atoms. The zero-order valence-electron chi connectivity index (χ0n) is 10.9. The maximum Gasteiger partial charge on any atom is 0.283 e. The Bertz CT molecular complexity index is 502. The molecule has 1 aromatic rings. The van der Waals surface area contributed by atoms with Gasteiger partial charge < -0.3 is 5.32 Å². The second-order valence-electron chi connectivity index (χ2n) is 4.53. The summed E-state index contributed by atoms with van der Waals surface area (Å²) in [5, 5.41) is 7.25. The highest BCUT2D eigenvalue weighted by Crippen LogP contribution is 2.17. The Morgan fingerprint density at radius 3 is 2.78 bits per heavy atom. The third kappa shape index (κ3) is 3.61. The van der Waals surface area contributed by atoms with Crippen LogP contribution < -0.4 is 10.9 Å². The molecule has 0 aliphatic rings. The first-order valence-electron chi connectivity index (χ1n) is 5.97. The van der Waals surface area contributed by atoms with Crippen molar-refractivity contribution in [3.05, 3.63) is 21.0 Å². The van der Waals surface area contributed by atoms with Crippen LogP contribution >= 0.6 is 15.9 Å². The van der Waals surface area contributed by atoms with Crippen molar-refractivity contribution in [1.29, 1.82) is 0 Å². The molecule has 0 spiro atoms. The first-order chi connectivity index (χ1) is 8.49. The summed E-state index contributed by atoms with van der Waals surface area (Å²) in [6.07, 6.45) is 7.81. The number of halogens is 1. The topological polar surface area (TPSA) is 46.9 Å². The van der Waals surface area contributed by atoms with E-state index in [0.717, 1.165) is 6.42 Å². The van der Waals surface area contributed by atoms with Gasteiger partial charge in [-0.3, -0.25) is 4.79 Å². The van der Waals surface area contributed by atoms with E-state index in [1.54, 1.807) is 6.20 Å². The van der Waals surface area contributed by atoms with Crippen LogP contribution in [-0.4, -0.2) is 15.8 Å². The minimum atomic E-state index is -0.138. The van der Waals surface area contributed by atoms with Crippen LogP contribution in [0.5, 0.6) is 0 Å². The summed E-state index contributed by atoms with van der Waals surface area (Å²) in [4.78, 5) is 12.0. The number of terminal acetylenes is 1. The van der Waals surface area contributed by atoms with Gasteiger partial charge in [-0.15, -0.1) is 6.42 Å². The van der Waals surface area contributed by atoms with Gasteiger partial charge in [0.25, 0.3) is 5.56 Å². The summed E-state index contributed by atoms with van der Waals surface area (Å²) in [7, 11) is 0. The Labute approximate surface area is 116 Å². The summed E-state index contributed by atoms with van der Waals surface area (Å²) >= 11 is 3.30. The first-order valence-corrected chi connectivity index (χ1v) is 6.77. The Balaban J connectivity index is 3.02. The van der Waals surface area contributed by atoms with E-state index >= 15 is 0 Å². The van der Waals surface area contributed by atoms with Gasteiger partial charge in [-0.25, -0.2) is 4.68 Å². The fourth-order valence-electron chi connectivity index (χ4n) is 1.49. The van der Waals surface area contributed by atoms with Crippen molar-refractivity contribution in [2.45, 2.75) is 39.8 Å². The molecule has 1 aromatic heterocycles. The first kappa shape index (κ1) is 14.8. The molecule has 1 rings (SSSR count). The molecule has 0 aromatic carbocycles. The maximum atomic E-state index is 12.0. The summed E-state index contributed by atoms with van der Waals surface area (Å²) in [6, 6.07) is -0.0940. The van der Waals surface area contributed by atoms with Crippen LogP contribution in [0.15, 0.2) is 15.5 Å².